The molecule has 0 aromatic carbocycles. The molecule has 0 spiro atoms. The number of hydrogen-bond donors (Lipinski definition) is 2. The van der Waals surface area contributed by atoms with Gasteiger partial charge in [0.15, 0.2) is 0 Å². The van der Waals surface area contributed by atoms with Gasteiger partial charge in [-0.25, -0.2) is 9.78 Å². The molecule has 2 aromatic rings. The van der Waals surface area contributed by atoms with E-state index >= 15 is 0 Å². The first-order valence-corrected chi connectivity index (χ1v) is 9.09. The first kappa shape index (κ1) is 18.4. The molecule has 8 heteroatoms. The van der Waals surface area contributed by atoms with Gasteiger partial charge in [-0.05, 0) is 18.8 Å². The molecule has 8 nitrogen and oxygen atoms in total. The summed E-state index contributed by atoms with van der Waals surface area (Å²) in [4.78, 5) is 18.4. The minimum Gasteiger partial charge on any atom is -0.385 e. The van der Waals surface area contributed by atoms with Crippen LogP contribution >= 0.6 is 0 Å². The number of nitrogens with one attached hydrogen (secondary N) is 1. The molecule has 0 bridgehead atoms. The summed E-state index contributed by atoms with van der Waals surface area (Å²) in [6.45, 7) is 5.66. The standard InChI is InChI=1S/C18H27N5O3/c1-12(2)15-10-14(21-26-15)11-20-18(25)23-7-4-13(5-8-23)16(24)17-19-6-9-22(17)3/h6,9-10,12-13,16,24H,4-5,7-8,11H2,1-3H3,(H,20,25)/t16-/m0/s1. The number of imidazole rings is 1. The van der Waals surface area contributed by atoms with E-state index in [1.807, 2.05) is 37.7 Å². The molecule has 2 N–H and O–H groups in total. The molecule has 2 amide bonds. The molecule has 0 saturated carbocycles. The number of aliphatic hydroxyl groups excluding tert-OH is 1. The normalized spacial score (nSPS) is 16.9. The molecule has 2 aromatic heterocycles. The number of piperidine rings is 1. The Balaban J connectivity index is 1.46. The molecule has 0 aliphatic carbocycles. The Kier molecular flexibility index (Phi) is 5.61. The van der Waals surface area contributed by atoms with Crippen molar-refractivity contribution in [3.63, 3.8) is 0 Å². The Morgan fingerprint density at radius 1 is 1.42 bits per heavy atom. The van der Waals surface area contributed by atoms with Crippen molar-refractivity contribution in [2.75, 3.05) is 13.1 Å². The molecular weight excluding hydrogens is 334 g/mol. The Labute approximate surface area is 153 Å². The summed E-state index contributed by atoms with van der Waals surface area (Å²) in [6, 6.07) is 1.77. The van der Waals surface area contributed by atoms with E-state index in [2.05, 4.69) is 15.5 Å². The first-order valence-electron chi connectivity index (χ1n) is 9.09. The van der Waals surface area contributed by atoms with Crippen molar-refractivity contribution < 1.29 is 14.4 Å². The number of nitrogens with zero attached hydrogens (tertiary/aromatic N) is 4. The van der Waals surface area contributed by atoms with Crippen LogP contribution in [0.5, 0.6) is 0 Å². The summed E-state index contributed by atoms with van der Waals surface area (Å²) in [7, 11) is 1.88. The van der Waals surface area contributed by atoms with E-state index in [9.17, 15) is 9.90 Å². The molecule has 3 heterocycles. The third-order valence-electron chi connectivity index (χ3n) is 4.96. The fraction of sp³-hybridized carbons (Fsp3) is 0.611. The summed E-state index contributed by atoms with van der Waals surface area (Å²) in [5, 5.41) is 17.4. The topological polar surface area (TPSA) is 96.4 Å². The molecule has 142 valence electrons. The first-order chi connectivity index (χ1) is 12.5. The zero-order chi connectivity index (χ0) is 18.7. The molecule has 0 unspecified atom stereocenters. The number of likely N-dealkylation sites (tertiary alicyclic amines) is 1. The van der Waals surface area contributed by atoms with Crippen LogP contribution in [0, 0.1) is 5.92 Å². The third-order valence-corrected chi connectivity index (χ3v) is 4.96. The average Bonchev–Trinajstić information content (AvgIpc) is 3.28. The van der Waals surface area contributed by atoms with E-state index in [1.165, 1.54) is 0 Å². The van der Waals surface area contributed by atoms with Crippen LogP contribution < -0.4 is 5.32 Å². The van der Waals surface area contributed by atoms with Gasteiger partial charge in [-0.15, -0.1) is 0 Å². The fourth-order valence-corrected chi connectivity index (χ4v) is 3.25. The van der Waals surface area contributed by atoms with Crippen LogP contribution in [-0.2, 0) is 13.6 Å². The zero-order valence-electron chi connectivity index (χ0n) is 15.6. The number of urea groups is 1. The van der Waals surface area contributed by atoms with E-state index in [0.717, 1.165) is 24.3 Å². The van der Waals surface area contributed by atoms with Crippen molar-refractivity contribution in [1.29, 1.82) is 0 Å². The molecule has 1 atom stereocenters. The minimum atomic E-state index is -0.593. The van der Waals surface area contributed by atoms with Gasteiger partial charge in [0.1, 0.15) is 23.4 Å². The van der Waals surface area contributed by atoms with E-state index in [-0.39, 0.29) is 17.9 Å². The minimum absolute atomic E-state index is 0.107. The van der Waals surface area contributed by atoms with Gasteiger partial charge in [-0.2, -0.15) is 0 Å². The van der Waals surface area contributed by atoms with Crippen LogP contribution in [0.2, 0.25) is 0 Å². The number of carbonyl (C=O) groups excluding carboxylic acids is 1. The number of aliphatic hydroxyl groups is 1. The summed E-state index contributed by atoms with van der Waals surface area (Å²) in [5.74, 6) is 1.89. The van der Waals surface area contributed by atoms with Crippen molar-refractivity contribution in [3.8, 4) is 0 Å². The molecule has 0 radical (unpaired) electrons. The lowest BCUT2D eigenvalue weighted by atomic mass is 9.91. The van der Waals surface area contributed by atoms with Crippen molar-refractivity contribution in [1.82, 2.24) is 24.9 Å². The van der Waals surface area contributed by atoms with E-state index < -0.39 is 6.10 Å². The summed E-state index contributed by atoms with van der Waals surface area (Å²) in [5.41, 5.74) is 0.724. The SMILES string of the molecule is CC(C)c1cc(CNC(=O)N2CCC([C@H](O)c3nccn3C)CC2)no1. The zero-order valence-corrected chi connectivity index (χ0v) is 15.6. The molecule has 26 heavy (non-hydrogen) atoms. The fourth-order valence-electron chi connectivity index (χ4n) is 3.25. The Morgan fingerprint density at radius 3 is 2.73 bits per heavy atom. The van der Waals surface area contributed by atoms with Crippen molar-refractivity contribution in [2.24, 2.45) is 13.0 Å². The van der Waals surface area contributed by atoms with E-state index in [1.54, 1.807) is 11.1 Å². The van der Waals surface area contributed by atoms with Gasteiger partial charge in [0.05, 0.1) is 6.54 Å². The summed E-state index contributed by atoms with van der Waals surface area (Å²) >= 11 is 0. The van der Waals surface area contributed by atoms with E-state index in [4.69, 9.17) is 4.52 Å². The van der Waals surface area contributed by atoms with E-state index in [0.29, 0.717) is 25.5 Å². The van der Waals surface area contributed by atoms with Crippen LogP contribution in [-0.4, -0.2) is 43.8 Å². The third kappa shape index (κ3) is 4.07. The number of rotatable bonds is 5. The summed E-state index contributed by atoms with van der Waals surface area (Å²) < 4.78 is 7.08. The highest BCUT2D eigenvalue weighted by Gasteiger charge is 2.30. The van der Waals surface area contributed by atoms with Gasteiger partial charge in [0.25, 0.3) is 0 Å². The molecule has 1 aliphatic rings. The number of hydrogen-bond acceptors (Lipinski definition) is 5. The maximum atomic E-state index is 12.3. The quantitative estimate of drug-likeness (QED) is 0.851. The highest BCUT2D eigenvalue weighted by Crippen LogP contribution is 2.29. The van der Waals surface area contributed by atoms with Crippen LogP contribution in [0.25, 0.3) is 0 Å². The van der Waals surface area contributed by atoms with Crippen LogP contribution in [0.1, 0.15) is 56.0 Å². The van der Waals surface area contributed by atoms with Gasteiger partial charge >= 0.3 is 6.03 Å². The number of aromatic nitrogens is 3. The monoisotopic (exact) mass is 361 g/mol. The van der Waals surface area contributed by atoms with Crippen LogP contribution in [0.15, 0.2) is 23.0 Å². The lowest BCUT2D eigenvalue weighted by molar-refractivity contribution is 0.0584. The van der Waals surface area contributed by atoms with Gasteiger partial charge in [0, 0.05) is 44.5 Å². The number of aryl methyl sites for hydroxylation is 1. The lowest BCUT2D eigenvalue weighted by Crippen LogP contribution is -2.45. The van der Waals surface area contributed by atoms with Crippen molar-refractivity contribution in [3.05, 3.63) is 35.7 Å². The smallest absolute Gasteiger partial charge is 0.317 e. The predicted octanol–water partition coefficient (Wildman–Crippen LogP) is 2.19. The molecule has 1 aliphatic heterocycles. The Morgan fingerprint density at radius 2 is 2.15 bits per heavy atom. The molecular formula is C18H27N5O3. The molecule has 3 rings (SSSR count). The molecule has 1 saturated heterocycles. The maximum Gasteiger partial charge on any atom is 0.317 e. The van der Waals surface area contributed by atoms with Crippen molar-refractivity contribution in [2.45, 2.75) is 45.3 Å². The second-order valence-corrected chi connectivity index (χ2v) is 7.20. The van der Waals surface area contributed by atoms with Crippen LogP contribution in [0.3, 0.4) is 0 Å². The largest absolute Gasteiger partial charge is 0.385 e. The Hall–Kier alpha value is -2.35. The highest BCUT2D eigenvalue weighted by molar-refractivity contribution is 5.74. The van der Waals surface area contributed by atoms with Gasteiger partial charge < -0.3 is 24.4 Å². The second kappa shape index (κ2) is 7.90. The predicted molar refractivity (Wildman–Crippen MR) is 95.3 cm³/mol. The second-order valence-electron chi connectivity index (χ2n) is 7.20. The summed E-state index contributed by atoms with van der Waals surface area (Å²) in [6.07, 6.45) is 4.43. The lowest BCUT2D eigenvalue weighted by Gasteiger charge is -2.33. The van der Waals surface area contributed by atoms with Gasteiger partial charge in [-0.3, -0.25) is 0 Å². The average molecular weight is 361 g/mol. The number of carbonyl (C=O) groups is 1. The Bertz CT molecular complexity index is 731. The van der Waals surface area contributed by atoms with Crippen LogP contribution in [0.4, 0.5) is 4.79 Å². The number of amides is 2. The van der Waals surface area contributed by atoms with Gasteiger partial charge in [-0.1, -0.05) is 19.0 Å². The maximum absolute atomic E-state index is 12.3. The van der Waals surface area contributed by atoms with Crippen molar-refractivity contribution >= 4 is 6.03 Å². The highest BCUT2D eigenvalue weighted by atomic mass is 16.5. The van der Waals surface area contributed by atoms with Gasteiger partial charge in [0.2, 0.25) is 0 Å². The molecule has 1 fully saturated rings.